The lowest BCUT2D eigenvalue weighted by atomic mass is 10.2. The Bertz CT molecular complexity index is 1890. The fourth-order valence-electron chi connectivity index (χ4n) is 4.20. The molecule has 0 amide bonds. The van der Waals surface area contributed by atoms with Crippen LogP contribution >= 0.6 is 0 Å². The molecule has 0 fully saturated rings. The number of ether oxygens (including phenoxy) is 3. The van der Waals surface area contributed by atoms with Gasteiger partial charge in [0.1, 0.15) is 11.3 Å². The number of aromatic nitrogens is 2. The zero-order chi connectivity index (χ0) is 29.1. The molecular formula is C28H22N4O9. The Morgan fingerprint density at radius 2 is 1.93 bits per heavy atom. The van der Waals surface area contributed by atoms with Crippen LogP contribution < -0.4 is 19.8 Å². The van der Waals surface area contributed by atoms with E-state index < -0.39 is 28.7 Å². The van der Waals surface area contributed by atoms with Gasteiger partial charge in [-0.25, -0.2) is 9.78 Å². The number of nitro benzene ring substituents is 1. The molecule has 1 N–H and O–H groups in total. The molecule has 0 bridgehead atoms. The molecule has 0 saturated heterocycles. The maximum atomic E-state index is 13.6. The van der Waals surface area contributed by atoms with Crippen molar-refractivity contribution < 1.29 is 33.5 Å². The molecule has 0 spiro atoms. The molecule has 0 unspecified atom stereocenters. The van der Waals surface area contributed by atoms with Gasteiger partial charge in [-0.15, -0.1) is 0 Å². The number of furan rings is 1. The van der Waals surface area contributed by atoms with Gasteiger partial charge in [-0.2, -0.15) is 9.78 Å². The summed E-state index contributed by atoms with van der Waals surface area (Å²) in [6.07, 6.45) is 1.22. The summed E-state index contributed by atoms with van der Waals surface area (Å²) < 4.78 is 23.1. The first-order valence-electron chi connectivity index (χ1n) is 12.2. The van der Waals surface area contributed by atoms with E-state index in [0.29, 0.717) is 27.6 Å². The number of nitrogens with zero attached hydrogens (tertiary/aromatic N) is 4. The molecule has 2 aromatic heterocycles. The minimum Gasteiger partial charge on any atom is -0.496 e. The smallest absolute Gasteiger partial charge is 0.341 e. The van der Waals surface area contributed by atoms with E-state index in [-0.39, 0.29) is 35.3 Å². The summed E-state index contributed by atoms with van der Waals surface area (Å²) >= 11 is 0. The lowest BCUT2D eigenvalue weighted by molar-refractivity contribution is -0.385. The van der Waals surface area contributed by atoms with Gasteiger partial charge in [-0.3, -0.25) is 14.9 Å². The number of carboxylic acid groups (broad SMARTS) is 1. The maximum absolute atomic E-state index is 13.6. The highest BCUT2D eigenvalue weighted by atomic mass is 16.6. The molecule has 13 nitrogen and oxygen atoms in total. The summed E-state index contributed by atoms with van der Waals surface area (Å²) in [6.45, 7) is 0.968. The highest BCUT2D eigenvalue weighted by Gasteiger charge is 2.24. The minimum atomic E-state index is -1.31. The zero-order valence-electron chi connectivity index (χ0n) is 21.8. The van der Waals surface area contributed by atoms with Gasteiger partial charge in [-0.05, 0) is 43.3 Å². The number of fused-ring (bicyclic) bond motifs is 2. The van der Waals surface area contributed by atoms with Gasteiger partial charge in [0.05, 0.1) is 41.1 Å². The molecule has 0 atom stereocenters. The standard InChI is InChI=1S/C28H22N4O9/c1-3-39-23-12-16(11-20(32(36)37)26(23)40-15-25(33)34)14-29-31-27(30-19-8-5-4-7-17(19)28(31)35)24-13-18-21(38-2)9-6-10-22(18)41-24/h4-14H,3,15H2,1-2H3,(H,33,34). The number of nitro groups is 1. The lowest BCUT2D eigenvalue weighted by Crippen LogP contribution is -2.20. The number of carboxylic acids is 1. The van der Waals surface area contributed by atoms with E-state index in [9.17, 15) is 19.7 Å². The maximum Gasteiger partial charge on any atom is 0.341 e. The number of hydrogen-bond donors (Lipinski definition) is 1. The summed E-state index contributed by atoms with van der Waals surface area (Å²) in [4.78, 5) is 40.3. The molecule has 208 valence electrons. The van der Waals surface area contributed by atoms with E-state index in [1.807, 2.05) is 0 Å². The summed E-state index contributed by atoms with van der Waals surface area (Å²) in [7, 11) is 1.53. The Hall–Kier alpha value is -5.72. The molecule has 5 rings (SSSR count). The Balaban J connectivity index is 1.68. The van der Waals surface area contributed by atoms with Crippen LogP contribution in [0.5, 0.6) is 17.2 Å². The quantitative estimate of drug-likeness (QED) is 0.147. The van der Waals surface area contributed by atoms with Crippen LogP contribution in [0, 0.1) is 10.1 Å². The first-order valence-corrected chi connectivity index (χ1v) is 12.2. The van der Waals surface area contributed by atoms with Crippen LogP contribution in [-0.2, 0) is 4.79 Å². The largest absolute Gasteiger partial charge is 0.496 e. The molecule has 0 saturated carbocycles. The summed E-state index contributed by atoms with van der Waals surface area (Å²) in [6, 6.07) is 16.2. The number of benzene rings is 3. The van der Waals surface area contributed by atoms with Crippen molar-refractivity contribution in [1.82, 2.24) is 9.66 Å². The van der Waals surface area contributed by atoms with Gasteiger partial charge in [0.15, 0.2) is 18.1 Å². The molecule has 2 heterocycles. The molecule has 3 aromatic carbocycles. The van der Waals surface area contributed by atoms with E-state index >= 15 is 0 Å². The second kappa shape index (κ2) is 11.2. The predicted molar refractivity (Wildman–Crippen MR) is 148 cm³/mol. The number of hydrogen-bond acceptors (Lipinski definition) is 10. The van der Waals surface area contributed by atoms with E-state index in [2.05, 4.69) is 10.1 Å². The first-order chi connectivity index (χ1) is 19.8. The summed E-state index contributed by atoms with van der Waals surface area (Å²) in [5, 5.41) is 26.1. The summed E-state index contributed by atoms with van der Waals surface area (Å²) in [5.74, 6) is -0.814. The Morgan fingerprint density at radius 1 is 1.12 bits per heavy atom. The van der Waals surface area contributed by atoms with Crippen molar-refractivity contribution in [3.05, 3.63) is 86.7 Å². The van der Waals surface area contributed by atoms with Crippen molar-refractivity contribution in [3.8, 4) is 28.8 Å². The van der Waals surface area contributed by atoms with Crippen LogP contribution in [0.2, 0.25) is 0 Å². The lowest BCUT2D eigenvalue weighted by Gasteiger charge is -2.12. The first kappa shape index (κ1) is 26.9. The van der Waals surface area contributed by atoms with Crippen LogP contribution in [0.25, 0.3) is 33.5 Å². The molecular weight excluding hydrogens is 536 g/mol. The molecule has 13 heteroatoms. The Labute approximate surface area is 231 Å². The third kappa shape index (κ3) is 5.28. The van der Waals surface area contributed by atoms with Gasteiger partial charge < -0.3 is 23.7 Å². The highest BCUT2D eigenvalue weighted by molar-refractivity contribution is 5.89. The predicted octanol–water partition coefficient (Wildman–Crippen LogP) is 4.47. The third-order valence-electron chi connectivity index (χ3n) is 5.93. The second-order valence-corrected chi connectivity index (χ2v) is 8.54. The molecule has 5 aromatic rings. The van der Waals surface area contributed by atoms with E-state index in [0.717, 1.165) is 10.7 Å². The molecule has 0 aliphatic rings. The Kier molecular flexibility index (Phi) is 7.33. The molecule has 0 aliphatic carbocycles. The normalized spacial score (nSPS) is 11.3. The average Bonchev–Trinajstić information content (AvgIpc) is 3.40. The Morgan fingerprint density at radius 3 is 2.66 bits per heavy atom. The van der Waals surface area contributed by atoms with Crippen molar-refractivity contribution >= 4 is 39.7 Å². The highest BCUT2D eigenvalue weighted by Crippen LogP contribution is 2.38. The zero-order valence-corrected chi connectivity index (χ0v) is 21.8. The van der Waals surface area contributed by atoms with Crippen LogP contribution in [0.3, 0.4) is 0 Å². The van der Waals surface area contributed by atoms with Crippen molar-refractivity contribution in [2.24, 2.45) is 5.10 Å². The number of rotatable bonds is 10. The molecule has 0 aliphatic heterocycles. The number of para-hydroxylation sites is 1. The fourth-order valence-corrected chi connectivity index (χ4v) is 4.20. The van der Waals surface area contributed by atoms with Crippen LogP contribution in [0.15, 0.2) is 75.0 Å². The van der Waals surface area contributed by atoms with Crippen LogP contribution in [0.4, 0.5) is 5.69 Å². The molecule has 41 heavy (non-hydrogen) atoms. The number of methoxy groups -OCH3 is 1. The topological polar surface area (TPSA) is 169 Å². The van der Waals surface area contributed by atoms with Crippen molar-refractivity contribution in [1.29, 1.82) is 0 Å². The third-order valence-corrected chi connectivity index (χ3v) is 5.93. The van der Waals surface area contributed by atoms with Gasteiger partial charge in [0.25, 0.3) is 5.56 Å². The van der Waals surface area contributed by atoms with Crippen molar-refractivity contribution in [2.45, 2.75) is 6.92 Å². The second-order valence-electron chi connectivity index (χ2n) is 8.54. The van der Waals surface area contributed by atoms with Crippen LogP contribution in [-0.4, -0.2) is 52.2 Å². The average molecular weight is 559 g/mol. The number of aliphatic carboxylic acids is 1. The van der Waals surface area contributed by atoms with E-state index in [4.69, 9.17) is 23.7 Å². The van der Waals surface area contributed by atoms with Crippen LogP contribution in [0.1, 0.15) is 12.5 Å². The van der Waals surface area contributed by atoms with Crippen molar-refractivity contribution in [3.63, 3.8) is 0 Å². The minimum absolute atomic E-state index is 0.0574. The van der Waals surface area contributed by atoms with Gasteiger partial charge in [0.2, 0.25) is 11.6 Å². The summed E-state index contributed by atoms with van der Waals surface area (Å²) in [5.41, 5.74) is 0.0642. The van der Waals surface area contributed by atoms with Gasteiger partial charge in [0, 0.05) is 11.6 Å². The fraction of sp³-hybridized carbons (Fsp3) is 0.143. The van der Waals surface area contributed by atoms with E-state index in [1.165, 1.54) is 19.4 Å². The van der Waals surface area contributed by atoms with Crippen molar-refractivity contribution in [2.75, 3.05) is 20.3 Å². The number of carbonyl (C=O) groups is 1. The van der Waals surface area contributed by atoms with E-state index in [1.54, 1.807) is 55.5 Å². The SMILES string of the molecule is CCOc1cc(C=Nn2c(-c3cc4c(OC)cccc4o3)nc3ccccc3c2=O)cc([N+](=O)[O-])c1OCC(=O)O. The molecule has 0 radical (unpaired) electrons. The monoisotopic (exact) mass is 558 g/mol. The van der Waals surface area contributed by atoms with Gasteiger partial charge >= 0.3 is 11.7 Å². The van der Waals surface area contributed by atoms with Gasteiger partial charge in [-0.1, -0.05) is 18.2 Å².